The van der Waals surface area contributed by atoms with Gasteiger partial charge in [0.2, 0.25) is 6.79 Å². The predicted molar refractivity (Wildman–Crippen MR) is 139 cm³/mol. The Labute approximate surface area is 217 Å². The Balaban J connectivity index is 1.59. The van der Waals surface area contributed by atoms with Gasteiger partial charge in [-0.2, -0.15) is 0 Å². The molecule has 3 heterocycles. The minimum Gasteiger partial charge on any atom is -0.454 e. The van der Waals surface area contributed by atoms with Crippen LogP contribution >= 0.6 is 22.6 Å². The molecule has 1 aromatic carbocycles. The predicted octanol–water partition coefficient (Wildman–Crippen LogP) is 4.08. The third kappa shape index (κ3) is 5.71. The fourth-order valence-electron chi connectivity index (χ4n) is 3.91. The molecule has 0 spiro atoms. The molecule has 1 amide bonds. The number of hydrogen-bond donors (Lipinski definition) is 1. The summed E-state index contributed by atoms with van der Waals surface area (Å²) in [5, 5.41) is 0. The number of halogens is 1. The van der Waals surface area contributed by atoms with Gasteiger partial charge in [0.05, 0.1) is 6.33 Å². The number of aromatic nitrogens is 4. The van der Waals surface area contributed by atoms with Crippen molar-refractivity contribution < 1.29 is 19.0 Å². The number of nitrogens with zero attached hydrogens (tertiary/aromatic N) is 4. The molecule has 0 bridgehead atoms. The summed E-state index contributed by atoms with van der Waals surface area (Å²) in [5.41, 5.74) is 0.984. The third-order valence-electron chi connectivity index (χ3n) is 5.54. The van der Waals surface area contributed by atoms with Gasteiger partial charge in [0.15, 0.2) is 22.7 Å². The van der Waals surface area contributed by atoms with Crippen LogP contribution in [0.2, 0.25) is 0 Å². The Morgan fingerprint density at radius 1 is 1.29 bits per heavy atom. The Kier molecular flexibility index (Phi) is 7.25. The van der Waals surface area contributed by atoms with Crippen molar-refractivity contribution in [1.82, 2.24) is 24.4 Å². The Hall–Kier alpha value is -2.83. The molecule has 10 nitrogen and oxygen atoms in total. The molecule has 4 rings (SSSR count). The van der Waals surface area contributed by atoms with E-state index in [-0.39, 0.29) is 24.5 Å². The number of carbonyl (C=O) groups excluding carboxylic acids is 1. The van der Waals surface area contributed by atoms with Crippen LogP contribution in [0.3, 0.4) is 0 Å². The maximum absolute atomic E-state index is 12.7. The van der Waals surface area contributed by atoms with E-state index in [1.165, 1.54) is 6.33 Å². The van der Waals surface area contributed by atoms with Crippen LogP contribution in [0.5, 0.6) is 11.5 Å². The second-order valence-electron chi connectivity index (χ2n) is 9.68. The molecule has 1 aliphatic rings. The van der Waals surface area contributed by atoms with Crippen molar-refractivity contribution in [2.24, 2.45) is 0 Å². The number of H-pyrrole nitrogens is 1. The standard InChI is InChI=1S/C24H30IN5O5/c1-14(2)29(23(32)35-24(3,4)5)7-6-8-30-19(28-20-21(30)26-12-27-22(20)31)10-15-9-17-18(11-16(15)25)34-13-33-17/h9,11-12,14H,6-8,10,13H2,1-5H3,(H,26,27,31). The monoisotopic (exact) mass is 595 g/mol. The van der Waals surface area contributed by atoms with Crippen LogP contribution in [0, 0.1) is 3.57 Å². The van der Waals surface area contributed by atoms with E-state index >= 15 is 0 Å². The second kappa shape index (κ2) is 10.0. The highest BCUT2D eigenvalue weighted by Gasteiger charge is 2.25. The lowest BCUT2D eigenvalue weighted by atomic mass is 10.1. The maximum Gasteiger partial charge on any atom is 0.410 e. The first-order chi connectivity index (χ1) is 16.5. The topological polar surface area (TPSA) is 112 Å². The molecule has 11 heteroatoms. The first-order valence-electron chi connectivity index (χ1n) is 11.5. The highest BCUT2D eigenvalue weighted by molar-refractivity contribution is 14.1. The second-order valence-corrected chi connectivity index (χ2v) is 10.8. The zero-order valence-electron chi connectivity index (χ0n) is 20.6. The molecule has 1 aliphatic heterocycles. The van der Waals surface area contributed by atoms with Crippen molar-refractivity contribution in [2.45, 2.75) is 65.6 Å². The highest BCUT2D eigenvalue weighted by atomic mass is 127. The summed E-state index contributed by atoms with van der Waals surface area (Å²) in [6.07, 6.45) is 2.18. The minimum absolute atomic E-state index is 0.0139. The lowest BCUT2D eigenvalue weighted by Gasteiger charge is -2.30. The van der Waals surface area contributed by atoms with Crippen LogP contribution in [0.1, 0.15) is 52.4 Å². The van der Waals surface area contributed by atoms with Crippen LogP contribution in [-0.4, -0.2) is 55.5 Å². The van der Waals surface area contributed by atoms with Crippen LogP contribution in [-0.2, 0) is 17.7 Å². The Bertz CT molecular complexity index is 1290. The van der Waals surface area contributed by atoms with Crippen molar-refractivity contribution in [1.29, 1.82) is 0 Å². The van der Waals surface area contributed by atoms with Crippen molar-refractivity contribution >= 4 is 39.8 Å². The van der Waals surface area contributed by atoms with Crippen LogP contribution in [0.25, 0.3) is 11.2 Å². The maximum atomic E-state index is 12.7. The van der Waals surface area contributed by atoms with Gasteiger partial charge >= 0.3 is 6.09 Å². The molecule has 188 valence electrons. The molecular weight excluding hydrogens is 565 g/mol. The van der Waals surface area contributed by atoms with Gasteiger partial charge in [-0.25, -0.2) is 14.8 Å². The summed E-state index contributed by atoms with van der Waals surface area (Å²) < 4.78 is 19.6. The van der Waals surface area contributed by atoms with Gasteiger partial charge in [-0.1, -0.05) is 0 Å². The number of fused-ring (bicyclic) bond motifs is 2. The number of carbonyl (C=O) groups is 1. The lowest BCUT2D eigenvalue weighted by molar-refractivity contribution is 0.0187. The van der Waals surface area contributed by atoms with Crippen molar-refractivity contribution in [3.63, 3.8) is 0 Å². The zero-order valence-corrected chi connectivity index (χ0v) is 22.7. The normalized spacial score (nSPS) is 13.0. The Morgan fingerprint density at radius 3 is 2.69 bits per heavy atom. The number of nitrogens with one attached hydrogen (secondary N) is 1. The number of amides is 1. The first kappa shape index (κ1) is 25.3. The number of benzene rings is 1. The van der Waals surface area contributed by atoms with E-state index in [9.17, 15) is 9.59 Å². The zero-order chi connectivity index (χ0) is 25.3. The number of ether oxygens (including phenoxy) is 3. The van der Waals surface area contributed by atoms with Gasteiger partial charge in [-0.15, -0.1) is 0 Å². The largest absolute Gasteiger partial charge is 0.454 e. The van der Waals surface area contributed by atoms with Crippen LogP contribution < -0.4 is 15.0 Å². The summed E-state index contributed by atoms with van der Waals surface area (Å²) in [6.45, 7) is 10.7. The fraction of sp³-hybridized carbons (Fsp3) is 0.500. The third-order valence-corrected chi connectivity index (χ3v) is 6.54. The van der Waals surface area contributed by atoms with E-state index < -0.39 is 5.60 Å². The fourth-order valence-corrected chi connectivity index (χ4v) is 4.54. The van der Waals surface area contributed by atoms with E-state index in [0.29, 0.717) is 48.7 Å². The number of aromatic amines is 1. The van der Waals surface area contributed by atoms with Gasteiger partial charge in [0.1, 0.15) is 11.4 Å². The van der Waals surface area contributed by atoms with E-state index in [0.717, 1.165) is 14.9 Å². The lowest BCUT2D eigenvalue weighted by Crippen LogP contribution is -2.41. The average molecular weight is 595 g/mol. The smallest absolute Gasteiger partial charge is 0.410 e. The van der Waals surface area contributed by atoms with Crippen LogP contribution in [0.4, 0.5) is 4.79 Å². The molecule has 3 aromatic rings. The van der Waals surface area contributed by atoms with Crippen molar-refractivity contribution in [3.8, 4) is 11.5 Å². The van der Waals surface area contributed by atoms with E-state index in [1.807, 2.05) is 51.3 Å². The van der Waals surface area contributed by atoms with Crippen LogP contribution in [0.15, 0.2) is 23.3 Å². The van der Waals surface area contributed by atoms with Gasteiger partial charge in [-0.05, 0) is 81.3 Å². The molecular formula is C24H30IN5O5. The molecule has 0 saturated carbocycles. The number of imidazole rings is 1. The van der Waals surface area contributed by atoms with Crippen molar-refractivity contribution in [3.05, 3.63) is 43.8 Å². The summed E-state index contributed by atoms with van der Waals surface area (Å²) in [6, 6.07) is 3.88. The summed E-state index contributed by atoms with van der Waals surface area (Å²) in [4.78, 5) is 38.5. The van der Waals surface area contributed by atoms with Gasteiger partial charge in [0.25, 0.3) is 5.56 Å². The van der Waals surface area contributed by atoms with Gasteiger partial charge in [-0.3, -0.25) is 4.79 Å². The molecule has 0 radical (unpaired) electrons. The van der Waals surface area contributed by atoms with E-state index in [1.54, 1.807) is 4.90 Å². The first-order valence-corrected chi connectivity index (χ1v) is 12.6. The molecule has 0 atom stereocenters. The van der Waals surface area contributed by atoms with Crippen molar-refractivity contribution in [2.75, 3.05) is 13.3 Å². The average Bonchev–Trinajstić information content (AvgIpc) is 3.34. The van der Waals surface area contributed by atoms with E-state index in [4.69, 9.17) is 14.2 Å². The summed E-state index contributed by atoms with van der Waals surface area (Å²) in [7, 11) is 0. The molecule has 0 fully saturated rings. The molecule has 35 heavy (non-hydrogen) atoms. The Morgan fingerprint density at radius 2 is 2.00 bits per heavy atom. The molecule has 0 saturated heterocycles. The summed E-state index contributed by atoms with van der Waals surface area (Å²) >= 11 is 2.27. The number of hydrogen-bond acceptors (Lipinski definition) is 7. The number of rotatable bonds is 7. The highest BCUT2D eigenvalue weighted by Crippen LogP contribution is 2.36. The SMILES string of the molecule is CC(C)N(CCCn1c(Cc2cc3c(cc2I)OCO3)nc2c(=O)[nH]cnc21)C(=O)OC(C)(C)C. The summed E-state index contributed by atoms with van der Waals surface area (Å²) in [5.74, 6) is 2.14. The molecule has 0 aliphatic carbocycles. The quantitative estimate of drug-likeness (QED) is 0.410. The minimum atomic E-state index is -0.565. The number of aryl methyl sites for hydroxylation is 1. The van der Waals surface area contributed by atoms with Gasteiger partial charge < -0.3 is 28.7 Å². The van der Waals surface area contributed by atoms with Gasteiger partial charge in [0, 0.05) is 29.1 Å². The molecule has 1 N–H and O–H groups in total. The van der Waals surface area contributed by atoms with E-state index in [2.05, 4.69) is 37.5 Å². The molecule has 0 unspecified atom stereocenters. The molecule has 2 aromatic heterocycles.